The standard InChI is InChI=1S/CHF3O3S.ClHO4.Li.H/c2-1(3,4)8(5,6)7;2-1(3,4)5;;/h(H,5,6,7);(H,2,3,4,5);;. The summed E-state index contributed by atoms with van der Waals surface area (Å²) in [6.45, 7) is 0. The fourth-order valence-electron chi connectivity index (χ4n) is 0. The Kier molecular flexibility index (Phi) is 8.69. The smallest absolute Gasteiger partial charge is 0.0777 e. The van der Waals surface area contributed by atoms with E-state index in [1.807, 2.05) is 0 Å². The number of alkyl halides is 3. The number of hydrogen-bond acceptors (Lipinski definition) is 6. The molecule has 0 atom stereocenters. The Morgan fingerprint density at radius 2 is 1.21 bits per heavy atom. The number of halogens is 4. The third-order valence-electron chi connectivity index (χ3n) is 0.292. The summed E-state index contributed by atoms with van der Waals surface area (Å²) in [6.07, 6.45) is 0. The molecule has 0 aromatic carbocycles. The summed E-state index contributed by atoms with van der Waals surface area (Å²) < 4.78 is 90.3. The van der Waals surface area contributed by atoms with Crippen molar-refractivity contribution in [1.29, 1.82) is 0 Å². The Morgan fingerprint density at radius 3 is 1.21 bits per heavy atom. The molecule has 0 aromatic heterocycles. The van der Waals surface area contributed by atoms with E-state index in [0.29, 0.717) is 0 Å². The first kappa shape index (κ1) is 19.9. The van der Waals surface area contributed by atoms with Gasteiger partial charge in [0.25, 0.3) is 0 Å². The molecule has 0 spiro atoms. The third kappa shape index (κ3) is 18.3. The first-order chi connectivity index (χ1) is 5.25. The molecule has 7 nitrogen and oxygen atoms in total. The van der Waals surface area contributed by atoms with Gasteiger partial charge in [-0.15, -0.1) is 0 Å². The minimum absolute atomic E-state index is 0. The van der Waals surface area contributed by atoms with Gasteiger partial charge in [-0.1, -0.05) is 0 Å². The van der Waals surface area contributed by atoms with Crippen LogP contribution in [0, 0.1) is 10.2 Å². The topological polar surface area (TPSA) is 144 Å². The molecule has 0 aliphatic rings. The molecule has 0 radical (unpaired) electrons. The van der Waals surface area contributed by atoms with Gasteiger partial charge in [0.1, 0.15) is 0 Å². The van der Waals surface area contributed by atoms with E-state index in [1.54, 1.807) is 0 Å². The van der Waals surface area contributed by atoms with E-state index in [4.69, 9.17) is 31.6 Å². The van der Waals surface area contributed by atoms with Crippen LogP contribution in [-0.4, -0.2) is 42.0 Å². The fourth-order valence-corrected chi connectivity index (χ4v) is 0. The van der Waals surface area contributed by atoms with E-state index in [2.05, 4.69) is 0 Å². The van der Waals surface area contributed by atoms with Gasteiger partial charge < -0.3 is 0 Å². The summed E-state index contributed by atoms with van der Waals surface area (Å²) in [5.41, 5.74) is -5.53. The van der Waals surface area contributed by atoms with Gasteiger partial charge in [-0.3, -0.25) is 4.55 Å². The minimum atomic E-state index is -5.84. The van der Waals surface area contributed by atoms with Gasteiger partial charge in [-0.25, -0.2) is 0 Å². The molecule has 0 rings (SSSR count). The second kappa shape index (κ2) is 6.11. The Morgan fingerprint density at radius 1 is 1.14 bits per heavy atom. The Labute approximate surface area is 89.8 Å². The first-order valence-corrected chi connectivity index (χ1v) is 4.62. The molecule has 0 fully saturated rings. The molecule has 2 N–H and O–H groups in total. The SMILES string of the molecule is O=S(=O)(O)C(F)(F)F.[LiH].[O-][Cl+3]([O-])([O-])O. The van der Waals surface area contributed by atoms with E-state index in [1.165, 1.54) is 0 Å². The normalized spacial score (nSPS) is 12.3. The van der Waals surface area contributed by atoms with Crippen molar-refractivity contribution >= 4 is 29.0 Å². The van der Waals surface area contributed by atoms with Crippen molar-refractivity contribution < 1.29 is 55.0 Å². The van der Waals surface area contributed by atoms with Crippen LogP contribution in [0.15, 0.2) is 0 Å². The van der Waals surface area contributed by atoms with Crippen molar-refractivity contribution in [3.8, 4) is 0 Å². The van der Waals surface area contributed by atoms with Crippen molar-refractivity contribution in [2.75, 3.05) is 0 Å². The van der Waals surface area contributed by atoms with Gasteiger partial charge in [-0.05, 0) is 0 Å². The average Bonchev–Trinajstić information content (AvgIpc) is 1.50. The van der Waals surface area contributed by atoms with Crippen LogP contribution in [0.4, 0.5) is 13.2 Å². The van der Waals surface area contributed by atoms with Gasteiger partial charge >= 0.3 is 34.5 Å². The van der Waals surface area contributed by atoms with Crippen molar-refractivity contribution in [2.45, 2.75) is 5.51 Å². The average molecular weight is 258 g/mol. The summed E-state index contributed by atoms with van der Waals surface area (Å²) in [4.78, 5) is 0. The number of rotatable bonds is 0. The van der Waals surface area contributed by atoms with Crippen LogP contribution in [0.5, 0.6) is 0 Å². The summed E-state index contributed by atoms with van der Waals surface area (Å²) in [5.74, 6) is 0. The zero-order valence-electron chi connectivity index (χ0n) is 5.36. The molecule has 13 heteroatoms. The number of hydrogen-bond donors (Lipinski definition) is 2. The zero-order chi connectivity index (χ0) is 11.5. The molecular weight excluding hydrogens is 255 g/mol. The molecule has 84 valence electrons. The van der Waals surface area contributed by atoms with Crippen LogP contribution in [0.2, 0.25) is 0 Å². The van der Waals surface area contributed by atoms with Crippen LogP contribution in [-0.2, 0) is 10.1 Å². The molecular formula is CH3ClF3LiO7S. The molecule has 0 saturated carbocycles. The predicted octanol–water partition coefficient (Wildman–Crippen LogP) is -4.38. The van der Waals surface area contributed by atoms with Crippen molar-refractivity contribution in [1.82, 2.24) is 0 Å². The molecule has 0 saturated heterocycles. The maximum Gasteiger partial charge on any atom is 0.0777 e. The van der Waals surface area contributed by atoms with Gasteiger partial charge in [0.15, 0.2) is 0 Å². The first-order valence-electron chi connectivity index (χ1n) is 1.92. The van der Waals surface area contributed by atoms with Gasteiger partial charge in [0.05, 0.1) is 14.9 Å². The van der Waals surface area contributed by atoms with Crippen LogP contribution >= 0.6 is 0 Å². The van der Waals surface area contributed by atoms with Crippen molar-refractivity contribution in [3.05, 3.63) is 0 Å². The summed E-state index contributed by atoms with van der Waals surface area (Å²) in [6, 6.07) is 0. The Balaban J connectivity index is -0.000000177. The second-order valence-electron chi connectivity index (χ2n) is 1.32. The molecule has 0 aromatic rings. The molecule has 0 unspecified atom stereocenters. The third-order valence-corrected chi connectivity index (χ3v) is 0.877. The van der Waals surface area contributed by atoms with Crippen LogP contribution in [0.1, 0.15) is 0 Å². The van der Waals surface area contributed by atoms with Crippen molar-refractivity contribution in [3.63, 3.8) is 0 Å². The molecule has 0 amide bonds. The van der Waals surface area contributed by atoms with E-state index >= 15 is 0 Å². The van der Waals surface area contributed by atoms with Gasteiger partial charge in [-0.2, -0.15) is 35.6 Å². The largest absolute Gasteiger partial charge is 0.183 e. The summed E-state index contributed by atoms with van der Waals surface area (Å²) in [7, 11) is -10.5. The maximum atomic E-state index is 10.7. The molecule has 0 aliphatic carbocycles. The minimum Gasteiger partial charge on any atom is -0.183 e. The van der Waals surface area contributed by atoms with E-state index in [-0.39, 0.29) is 18.9 Å². The van der Waals surface area contributed by atoms with E-state index in [0.717, 1.165) is 0 Å². The Hall–Kier alpha value is 0.427. The second-order valence-corrected chi connectivity index (χ2v) is 3.52. The van der Waals surface area contributed by atoms with Crippen molar-refractivity contribution in [2.24, 2.45) is 0 Å². The quantitative estimate of drug-likeness (QED) is 0.254. The zero-order valence-corrected chi connectivity index (χ0v) is 6.93. The molecule has 0 aliphatic heterocycles. The molecule has 0 bridgehead atoms. The molecule has 0 heterocycles. The summed E-state index contributed by atoms with van der Waals surface area (Å²) >= 11 is 0. The van der Waals surface area contributed by atoms with Crippen LogP contribution in [0.25, 0.3) is 0 Å². The van der Waals surface area contributed by atoms with Gasteiger partial charge in [0, 0.05) is 0 Å². The van der Waals surface area contributed by atoms with E-state index in [9.17, 15) is 13.2 Å². The van der Waals surface area contributed by atoms with Crippen LogP contribution in [0.3, 0.4) is 0 Å². The fraction of sp³-hybridized carbons (Fsp3) is 1.00. The monoisotopic (exact) mass is 258 g/mol. The predicted molar refractivity (Wildman–Crippen MR) is 27.0 cm³/mol. The van der Waals surface area contributed by atoms with Crippen LogP contribution < -0.4 is 14.0 Å². The maximum absolute atomic E-state index is 10.7. The van der Waals surface area contributed by atoms with E-state index < -0.39 is 25.9 Å². The molecule has 14 heavy (non-hydrogen) atoms. The van der Waals surface area contributed by atoms with Gasteiger partial charge in [0.2, 0.25) is 0 Å². The Bertz CT molecular complexity index is 235. The summed E-state index contributed by atoms with van der Waals surface area (Å²) in [5, 5.41) is 0.